The molecule has 3 aliphatic rings. The van der Waals surface area contributed by atoms with Gasteiger partial charge in [-0.1, -0.05) is 48.5 Å². The summed E-state index contributed by atoms with van der Waals surface area (Å²) in [6.45, 7) is 1.09. The Morgan fingerprint density at radius 2 is 1.71 bits per heavy atom. The van der Waals surface area contributed by atoms with Crippen LogP contribution in [0.5, 0.6) is 0 Å². The molecule has 2 aromatic rings. The van der Waals surface area contributed by atoms with Crippen LogP contribution in [-0.4, -0.2) is 66.4 Å². The predicted octanol–water partition coefficient (Wildman–Crippen LogP) is 3.40. The van der Waals surface area contributed by atoms with Crippen molar-refractivity contribution in [1.82, 2.24) is 10.2 Å². The van der Waals surface area contributed by atoms with Crippen LogP contribution < -0.4 is 5.32 Å². The summed E-state index contributed by atoms with van der Waals surface area (Å²) in [5, 5.41) is 12.3. The first-order chi connectivity index (χ1) is 17.0. The fourth-order valence-electron chi connectivity index (χ4n) is 5.39. The lowest BCUT2D eigenvalue weighted by Crippen LogP contribution is -2.56. The van der Waals surface area contributed by atoms with Gasteiger partial charge in [-0.3, -0.25) is 9.59 Å². The topological polar surface area (TPSA) is 105 Å². The smallest absolute Gasteiger partial charge is 0.407 e. The molecule has 2 aliphatic carbocycles. The zero-order valence-corrected chi connectivity index (χ0v) is 19.6. The first-order valence-electron chi connectivity index (χ1n) is 12.2. The van der Waals surface area contributed by atoms with E-state index in [0.29, 0.717) is 26.0 Å². The number of carbonyl (C=O) groups is 3. The van der Waals surface area contributed by atoms with Crippen LogP contribution in [0.3, 0.4) is 0 Å². The number of rotatable bonds is 6. The molecule has 2 N–H and O–H groups in total. The summed E-state index contributed by atoms with van der Waals surface area (Å²) in [6.07, 6.45) is 1.90. The quantitative estimate of drug-likeness (QED) is 0.659. The van der Waals surface area contributed by atoms with Crippen LogP contribution in [0.25, 0.3) is 11.1 Å². The molecule has 35 heavy (non-hydrogen) atoms. The SMILES string of the molecule is O=C(NC1(CC(=O)N2CCOCC(C(=O)O)C2)CCC1)OCC1c2ccccc2-c2ccccc21. The lowest BCUT2D eigenvalue weighted by atomic mass is 9.74. The Bertz CT molecular complexity index is 1080. The van der Waals surface area contributed by atoms with Gasteiger partial charge in [-0.15, -0.1) is 0 Å². The fourth-order valence-corrected chi connectivity index (χ4v) is 5.39. The number of carboxylic acid groups (broad SMARTS) is 1. The fraction of sp³-hybridized carbons (Fsp3) is 0.444. The Balaban J connectivity index is 1.21. The van der Waals surface area contributed by atoms with E-state index in [1.54, 1.807) is 4.90 Å². The lowest BCUT2D eigenvalue weighted by Gasteiger charge is -2.42. The van der Waals surface area contributed by atoms with Crippen LogP contribution in [0.2, 0.25) is 0 Å². The molecule has 2 amide bonds. The van der Waals surface area contributed by atoms with E-state index >= 15 is 0 Å². The van der Waals surface area contributed by atoms with Crippen LogP contribution in [0, 0.1) is 5.92 Å². The van der Waals surface area contributed by atoms with E-state index in [-0.39, 0.29) is 38.0 Å². The van der Waals surface area contributed by atoms with Gasteiger partial charge in [-0.05, 0) is 41.5 Å². The normalized spacial score (nSPS) is 20.7. The Morgan fingerprint density at radius 3 is 2.31 bits per heavy atom. The highest BCUT2D eigenvalue weighted by molar-refractivity contribution is 5.81. The molecule has 0 spiro atoms. The predicted molar refractivity (Wildman–Crippen MR) is 128 cm³/mol. The summed E-state index contributed by atoms with van der Waals surface area (Å²) >= 11 is 0. The molecule has 1 saturated heterocycles. The largest absolute Gasteiger partial charge is 0.481 e. The Kier molecular flexibility index (Phi) is 6.47. The van der Waals surface area contributed by atoms with Crippen LogP contribution in [0.15, 0.2) is 48.5 Å². The molecule has 5 rings (SSSR count). The number of nitrogens with zero attached hydrogens (tertiary/aromatic N) is 1. The Morgan fingerprint density at radius 1 is 1.06 bits per heavy atom. The minimum absolute atomic E-state index is 0.0304. The number of benzene rings is 2. The molecular weight excluding hydrogens is 448 g/mol. The number of carboxylic acids is 1. The first kappa shape index (κ1) is 23.4. The molecule has 2 aromatic carbocycles. The molecule has 8 nitrogen and oxygen atoms in total. The van der Waals surface area contributed by atoms with Crippen LogP contribution in [0.1, 0.15) is 42.7 Å². The highest BCUT2D eigenvalue weighted by Gasteiger charge is 2.42. The van der Waals surface area contributed by atoms with Gasteiger partial charge >= 0.3 is 12.1 Å². The van der Waals surface area contributed by atoms with Gasteiger partial charge in [0.15, 0.2) is 0 Å². The van der Waals surface area contributed by atoms with E-state index in [9.17, 15) is 19.5 Å². The maximum absolute atomic E-state index is 13.0. The van der Waals surface area contributed by atoms with E-state index in [1.165, 1.54) is 11.1 Å². The number of ether oxygens (including phenoxy) is 2. The maximum Gasteiger partial charge on any atom is 0.407 e. The van der Waals surface area contributed by atoms with Gasteiger partial charge in [0.1, 0.15) is 6.61 Å². The average Bonchev–Trinajstić information content (AvgIpc) is 2.96. The third-order valence-electron chi connectivity index (χ3n) is 7.48. The summed E-state index contributed by atoms with van der Waals surface area (Å²) in [7, 11) is 0. The van der Waals surface area contributed by atoms with Crippen LogP contribution in [0.4, 0.5) is 4.79 Å². The van der Waals surface area contributed by atoms with E-state index in [0.717, 1.165) is 17.5 Å². The number of aliphatic carboxylic acids is 1. The molecular formula is C27H30N2O6. The second kappa shape index (κ2) is 9.70. The van der Waals surface area contributed by atoms with E-state index in [2.05, 4.69) is 29.6 Å². The summed E-state index contributed by atoms with van der Waals surface area (Å²) in [5.74, 6) is -1.91. The number of nitrogens with one attached hydrogen (secondary N) is 1. The molecule has 0 bridgehead atoms. The van der Waals surface area contributed by atoms with Gasteiger partial charge in [-0.2, -0.15) is 0 Å². The third-order valence-corrected chi connectivity index (χ3v) is 7.48. The van der Waals surface area contributed by atoms with Crippen LogP contribution in [-0.2, 0) is 19.1 Å². The van der Waals surface area contributed by atoms with Crippen molar-refractivity contribution in [3.63, 3.8) is 0 Å². The first-order valence-corrected chi connectivity index (χ1v) is 12.2. The van der Waals surface area contributed by atoms with Gasteiger partial charge in [-0.25, -0.2) is 4.79 Å². The van der Waals surface area contributed by atoms with Crippen molar-refractivity contribution in [2.24, 2.45) is 5.92 Å². The highest BCUT2D eigenvalue weighted by Crippen LogP contribution is 2.44. The second-order valence-corrected chi connectivity index (χ2v) is 9.71. The number of amides is 2. The standard InChI is InChI=1S/C27H30N2O6/c30-24(29-12-13-34-16-18(15-29)25(31)32)14-27(10-5-11-27)28-26(33)35-17-23-21-8-3-1-6-19(21)20-7-2-4-9-22(20)23/h1-4,6-9,18,23H,5,10-17H2,(H,28,33)(H,31,32). The van der Waals surface area contributed by atoms with Crippen molar-refractivity contribution in [2.45, 2.75) is 37.1 Å². The molecule has 1 atom stereocenters. The summed E-state index contributed by atoms with van der Waals surface area (Å²) in [5.41, 5.74) is 3.97. The van der Waals surface area contributed by atoms with Crippen molar-refractivity contribution in [2.75, 3.05) is 32.9 Å². The average molecular weight is 479 g/mol. The maximum atomic E-state index is 13.0. The molecule has 1 aliphatic heterocycles. The number of hydrogen-bond donors (Lipinski definition) is 2. The minimum atomic E-state index is -0.972. The lowest BCUT2D eigenvalue weighted by molar-refractivity contribution is -0.144. The highest BCUT2D eigenvalue weighted by atomic mass is 16.5. The molecule has 1 unspecified atom stereocenters. The van der Waals surface area contributed by atoms with E-state index < -0.39 is 23.5 Å². The van der Waals surface area contributed by atoms with Crippen LogP contribution >= 0.6 is 0 Å². The summed E-state index contributed by atoms with van der Waals surface area (Å²) in [6, 6.07) is 16.3. The number of carbonyl (C=O) groups excluding carboxylic acids is 2. The van der Waals surface area contributed by atoms with E-state index in [4.69, 9.17) is 9.47 Å². The summed E-state index contributed by atoms with van der Waals surface area (Å²) < 4.78 is 11.0. The third kappa shape index (κ3) is 4.75. The molecule has 2 fully saturated rings. The zero-order chi connectivity index (χ0) is 24.4. The molecule has 1 saturated carbocycles. The monoisotopic (exact) mass is 478 g/mol. The van der Waals surface area contributed by atoms with Crippen molar-refractivity contribution < 1.29 is 29.0 Å². The number of hydrogen-bond acceptors (Lipinski definition) is 5. The van der Waals surface area contributed by atoms with Gasteiger partial charge in [0.25, 0.3) is 0 Å². The van der Waals surface area contributed by atoms with Crippen molar-refractivity contribution in [1.29, 1.82) is 0 Å². The molecule has 184 valence electrons. The molecule has 8 heteroatoms. The molecule has 0 radical (unpaired) electrons. The van der Waals surface area contributed by atoms with E-state index in [1.807, 2.05) is 24.3 Å². The Hall–Kier alpha value is -3.39. The minimum Gasteiger partial charge on any atom is -0.481 e. The van der Waals surface area contributed by atoms with Gasteiger partial charge in [0.2, 0.25) is 5.91 Å². The Labute approximate surface area is 204 Å². The van der Waals surface area contributed by atoms with Gasteiger partial charge < -0.3 is 24.8 Å². The second-order valence-electron chi connectivity index (χ2n) is 9.71. The van der Waals surface area contributed by atoms with Gasteiger partial charge in [0.05, 0.1) is 31.1 Å². The molecule has 0 aromatic heterocycles. The van der Waals surface area contributed by atoms with Crippen molar-refractivity contribution in [3.05, 3.63) is 59.7 Å². The molecule has 1 heterocycles. The van der Waals surface area contributed by atoms with Crippen molar-refractivity contribution in [3.8, 4) is 11.1 Å². The zero-order valence-electron chi connectivity index (χ0n) is 19.6. The number of alkyl carbamates (subject to hydrolysis) is 1. The number of fused-ring (bicyclic) bond motifs is 3. The van der Waals surface area contributed by atoms with Crippen molar-refractivity contribution >= 4 is 18.0 Å². The van der Waals surface area contributed by atoms with Gasteiger partial charge in [0, 0.05) is 19.0 Å². The summed E-state index contributed by atoms with van der Waals surface area (Å²) in [4.78, 5) is 38.8.